The van der Waals surface area contributed by atoms with Gasteiger partial charge in [-0.1, -0.05) is 18.5 Å². The number of nitrogens with zero attached hydrogens (tertiary/aromatic N) is 2. The van der Waals surface area contributed by atoms with Crippen LogP contribution in [0.2, 0.25) is 5.02 Å². The number of hydrogen-bond donors (Lipinski definition) is 2. The van der Waals surface area contributed by atoms with Crippen LogP contribution < -0.4 is 16.0 Å². The number of nitrogens with one attached hydrogen (secondary N) is 1. The van der Waals surface area contributed by atoms with Gasteiger partial charge in [-0.15, -0.1) is 0 Å². The molecule has 0 radical (unpaired) electrons. The molecule has 0 spiro atoms. The average molecular weight is 293 g/mol. The molecule has 0 unspecified atom stereocenters. The Labute approximate surface area is 123 Å². The number of nitrogen functional groups attached to an aromatic ring is 1. The molecule has 0 aliphatic heterocycles. The summed E-state index contributed by atoms with van der Waals surface area (Å²) >= 11 is 5.85. The highest BCUT2D eigenvalue weighted by Gasteiger charge is 2.12. The zero-order valence-electron chi connectivity index (χ0n) is 11.5. The number of aromatic nitrogens is 2. The van der Waals surface area contributed by atoms with Gasteiger partial charge in [0.15, 0.2) is 0 Å². The van der Waals surface area contributed by atoms with Crippen molar-refractivity contribution in [2.45, 2.75) is 26.7 Å². The number of halogens is 1. The summed E-state index contributed by atoms with van der Waals surface area (Å²) in [6.07, 6.45) is 1.72. The fraction of sp³-hybridized carbons (Fsp3) is 0.286. The van der Waals surface area contributed by atoms with Gasteiger partial charge < -0.3 is 10.2 Å². The molecule has 20 heavy (non-hydrogen) atoms. The first-order chi connectivity index (χ1) is 9.63. The zero-order valence-corrected chi connectivity index (χ0v) is 12.2. The SMILES string of the molecule is CCCc1nc(NN)c(C)c(Oc2ccc(Cl)cc2)n1. The minimum atomic E-state index is 0.499. The summed E-state index contributed by atoms with van der Waals surface area (Å²) in [4.78, 5) is 8.78. The Hall–Kier alpha value is -1.85. The van der Waals surface area contributed by atoms with Crippen molar-refractivity contribution < 1.29 is 4.74 Å². The van der Waals surface area contributed by atoms with E-state index >= 15 is 0 Å². The lowest BCUT2D eigenvalue weighted by atomic mass is 10.3. The first-order valence-electron chi connectivity index (χ1n) is 6.41. The van der Waals surface area contributed by atoms with Crippen molar-refractivity contribution in [2.75, 3.05) is 5.43 Å². The molecule has 106 valence electrons. The predicted octanol–water partition coefficient (Wildman–Crippen LogP) is 3.47. The van der Waals surface area contributed by atoms with Crippen LogP contribution in [0.4, 0.5) is 5.82 Å². The van der Waals surface area contributed by atoms with Crippen molar-refractivity contribution in [1.29, 1.82) is 0 Å². The summed E-state index contributed by atoms with van der Waals surface area (Å²) in [5.74, 6) is 7.93. The van der Waals surface area contributed by atoms with Crippen molar-refractivity contribution in [1.82, 2.24) is 9.97 Å². The molecule has 2 rings (SSSR count). The Morgan fingerprint density at radius 3 is 2.55 bits per heavy atom. The second-order valence-electron chi connectivity index (χ2n) is 4.37. The standard InChI is InChI=1S/C14H17ClN4O/c1-3-4-12-17-13(19-16)9(2)14(18-12)20-11-7-5-10(15)6-8-11/h5-8H,3-4,16H2,1-2H3,(H,17,18,19). The summed E-state index contributed by atoms with van der Waals surface area (Å²) in [6, 6.07) is 7.11. The molecule has 6 heteroatoms. The molecule has 0 saturated heterocycles. The van der Waals surface area contributed by atoms with Crippen LogP contribution in [0.25, 0.3) is 0 Å². The van der Waals surface area contributed by atoms with E-state index in [2.05, 4.69) is 22.3 Å². The smallest absolute Gasteiger partial charge is 0.227 e. The number of hydrazine groups is 1. The van der Waals surface area contributed by atoms with Gasteiger partial charge in [-0.3, -0.25) is 0 Å². The van der Waals surface area contributed by atoms with Gasteiger partial charge in [0.05, 0.1) is 5.56 Å². The van der Waals surface area contributed by atoms with Crippen LogP contribution in [0.5, 0.6) is 11.6 Å². The molecule has 0 bridgehead atoms. The molecule has 0 saturated carbocycles. The van der Waals surface area contributed by atoms with Crippen LogP contribution in [-0.2, 0) is 6.42 Å². The molecule has 0 aliphatic carbocycles. The van der Waals surface area contributed by atoms with E-state index in [1.807, 2.05) is 6.92 Å². The summed E-state index contributed by atoms with van der Waals surface area (Å²) in [6.45, 7) is 3.93. The van der Waals surface area contributed by atoms with Crippen molar-refractivity contribution in [2.24, 2.45) is 5.84 Å². The minimum Gasteiger partial charge on any atom is -0.439 e. The highest BCUT2D eigenvalue weighted by molar-refractivity contribution is 6.30. The maximum absolute atomic E-state index is 5.85. The number of nitrogens with two attached hydrogens (primary N) is 1. The maximum atomic E-state index is 5.85. The summed E-state index contributed by atoms with van der Waals surface area (Å²) in [7, 11) is 0. The molecule has 0 amide bonds. The highest BCUT2D eigenvalue weighted by Crippen LogP contribution is 2.27. The molecule has 0 aliphatic rings. The van der Waals surface area contributed by atoms with E-state index < -0.39 is 0 Å². The lowest BCUT2D eigenvalue weighted by Gasteiger charge is -2.12. The van der Waals surface area contributed by atoms with E-state index in [9.17, 15) is 0 Å². The summed E-state index contributed by atoms with van der Waals surface area (Å²) in [5.41, 5.74) is 3.34. The van der Waals surface area contributed by atoms with Gasteiger partial charge in [-0.25, -0.2) is 10.8 Å². The fourth-order valence-electron chi connectivity index (χ4n) is 1.73. The first kappa shape index (κ1) is 14.6. The Kier molecular flexibility index (Phi) is 4.76. The van der Waals surface area contributed by atoms with Crippen molar-refractivity contribution >= 4 is 17.4 Å². The van der Waals surface area contributed by atoms with E-state index in [4.69, 9.17) is 22.2 Å². The highest BCUT2D eigenvalue weighted by atomic mass is 35.5. The molecule has 1 aromatic carbocycles. The number of aryl methyl sites for hydroxylation is 1. The van der Waals surface area contributed by atoms with Gasteiger partial charge in [-0.2, -0.15) is 4.98 Å². The molecule has 3 N–H and O–H groups in total. The Balaban J connectivity index is 2.33. The van der Waals surface area contributed by atoms with Crippen molar-refractivity contribution in [3.63, 3.8) is 0 Å². The van der Waals surface area contributed by atoms with Crippen molar-refractivity contribution in [3.05, 3.63) is 40.7 Å². The third-order valence-corrected chi connectivity index (χ3v) is 3.04. The van der Waals surface area contributed by atoms with Gasteiger partial charge in [-0.05, 0) is 37.6 Å². The lowest BCUT2D eigenvalue weighted by Crippen LogP contribution is -2.13. The van der Waals surface area contributed by atoms with E-state index in [0.717, 1.165) is 18.4 Å². The zero-order chi connectivity index (χ0) is 14.5. The number of anilines is 1. The van der Waals surface area contributed by atoms with Gasteiger partial charge in [0.25, 0.3) is 0 Å². The van der Waals surface area contributed by atoms with Gasteiger partial charge in [0, 0.05) is 11.4 Å². The first-order valence-corrected chi connectivity index (χ1v) is 6.79. The van der Waals surface area contributed by atoms with Crippen LogP contribution in [0, 0.1) is 6.92 Å². The van der Waals surface area contributed by atoms with Crippen molar-refractivity contribution in [3.8, 4) is 11.6 Å². The van der Waals surface area contributed by atoms with E-state index in [0.29, 0.717) is 28.3 Å². The summed E-state index contributed by atoms with van der Waals surface area (Å²) in [5, 5.41) is 0.660. The lowest BCUT2D eigenvalue weighted by molar-refractivity contribution is 0.454. The average Bonchev–Trinajstić information content (AvgIpc) is 2.45. The van der Waals surface area contributed by atoms with Gasteiger partial charge >= 0.3 is 0 Å². The molecule has 1 aromatic heterocycles. The number of ether oxygens (including phenoxy) is 1. The minimum absolute atomic E-state index is 0.499. The fourth-order valence-corrected chi connectivity index (χ4v) is 1.86. The normalized spacial score (nSPS) is 10.4. The van der Waals surface area contributed by atoms with Crippen LogP contribution in [0.15, 0.2) is 24.3 Å². The van der Waals surface area contributed by atoms with Crippen LogP contribution in [0.3, 0.4) is 0 Å². The third-order valence-electron chi connectivity index (χ3n) is 2.79. The summed E-state index contributed by atoms with van der Waals surface area (Å²) < 4.78 is 5.79. The van der Waals surface area contributed by atoms with Crippen LogP contribution in [0.1, 0.15) is 24.7 Å². The molecular weight excluding hydrogens is 276 g/mol. The Morgan fingerprint density at radius 2 is 1.95 bits per heavy atom. The Morgan fingerprint density at radius 1 is 1.25 bits per heavy atom. The molecule has 0 fully saturated rings. The maximum Gasteiger partial charge on any atom is 0.227 e. The number of hydrogen-bond acceptors (Lipinski definition) is 5. The van der Waals surface area contributed by atoms with E-state index in [1.165, 1.54) is 0 Å². The number of rotatable bonds is 5. The second-order valence-corrected chi connectivity index (χ2v) is 4.81. The monoisotopic (exact) mass is 292 g/mol. The molecule has 2 aromatic rings. The molecule has 0 atom stereocenters. The topological polar surface area (TPSA) is 73.1 Å². The van der Waals surface area contributed by atoms with E-state index in [-0.39, 0.29) is 0 Å². The molecular formula is C14H17ClN4O. The largest absolute Gasteiger partial charge is 0.439 e. The second kappa shape index (κ2) is 6.54. The molecule has 1 heterocycles. The van der Waals surface area contributed by atoms with Crippen LogP contribution >= 0.6 is 11.6 Å². The number of benzene rings is 1. The predicted molar refractivity (Wildman–Crippen MR) is 80.1 cm³/mol. The van der Waals surface area contributed by atoms with Gasteiger partial charge in [0.1, 0.15) is 17.4 Å². The van der Waals surface area contributed by atoms with E-state index in [1.54, 1.807) is 24.3 Å². The van der Waals surface area contributed by atoms with Crippen LogP contribution in [-0.4, -0.2) is 9.97 Å². The quantitative estimate of drug-likeness (QED) is 0.652. The van der Waals surface area contributed by atoms with Gasteiger partial charge in [0.2, 0.25) is 5.88 Å². The molecule has 5 nitrogen and oxygen atoms in total. The Bertz CT molecular complexity index is 586. The third kappa shape index (κ3) is 3.37.